The van der Waals surface area contributed by atoms with E-state index in [0.29, 0.717) is 12.2 Å². The van der Waals surface area contributed by atoms with Gasteiger partial charge in [0.2, 0.25) is 0 Å². The van der Waals surface area contributed by atoms with Gasteiger partial charge >= 0.3 is 5.97 Å². The molecule has 1 saturated heterocycles. The quantitative estimate of drug-likeness (QED) is 0.628. The van der Waals surface area contributed by atoms with E-state index in [1.54, 1.807) is 7.11 Å². The Labute approximate surface area is 121 Å². The van der Waals surface area contributed by atoms with E-state index >= 15 is 0 Å². The van der Waals surface area contributed by atoms with Gasteiger partial charge in [0.25, 0.3) is 0 Å². The number of cyclic esters (lactones) is 1. The van der Waals surface area contributed by atoms with Crippen molar-refractivity contribution < 1.29 is 14.3 Å². The van der Waals surface area contributed by atoms with Crippen molar-refractivity contribution in [3.05, 3.63) is 39.9 Å². The molecule has 0 saturated carbocycles. The van der Waals surface area contributed by atoms with Gasteiger partial charge in [-0.25, -0.2) is 4.79 Å². The molecule has 4 heteroatoms. The fourth-order valence-electron chi connectivity index (χ4n) is 2.36. The lowest BCUT2D eigenvalue weighted by Gasteiger charge is -2.14. The van der Waals surface area contributed by atoms with Crippen LogP contribution in [0.4, 0.5) is 0 Å². The second-order valence-corrected chi connectivity index (χ2v) is 5.68. The van der Waals surface area contributed by atoms with Crippen molar-refractivity contribution in [2.45, 2.75) is 19.8 Å². The van der Waals surface area contributed by atoms with Gasteiger partial charge in [-0.3, -0.25) is 0 Å². The van der Waals surface area contributed by atoms with Crippen molar-refractivity contribution in [3.8, 4) is 5.75 Å². The van der Waals surface area contributed by atoms with Crippen LogP contribution in [0.2, 0.25) is 0 Å². The highest BCUT2D eigenvalue weighted by Gasteiger charge is 2.28. The van der Waals surface area contributed by atoms with Crippen LogP contribution in [0.3, 0.4) is 0 Å². The molecule has 0 N–H and O–H groups in total. The molecule has 1 aliphatic rings. The highest BCUT2D eigenvalue weighted by atomic mass is 79.9. The zero-order chi connectivity index (χ0) is 14.0. The van der Waals surface area contributed by atoms with E-state index in [0.717, 1.165) is 23.1 Å². The van der Waals surface area contributed by atoms with Gasteiger partial charge in [-0.15, -0.1) is 0 Å². The average molecular weight is 325 g/mol. The largest absolute Gasteiger partial charge is 0.496 e. The Balaban J connectivity index is 2.11. The van der Waals surface area contributed by atoms with Crippen molar-refractivity contribution in [3.63, 3.8) is 0 Å². The van der Waals surface area contributed by atoms with Crippen LogP contribution >= 0.6 is 15.9 Å². The van der Waals surface area contributed by atoms with Crippen LogP contribution in [0.15, 0.2) is 28.8 Å². The van der Waals surface area contributed by atoms with Gasteiger partial charge in [0, 0.05) is 16.0 Å². The summed E-state index contributed by atoms with van der Waals surface area (Å²) < 4.78 is 11.4. The number of methoxy groups -OCH3 is 1. The number of hydrogen-bond acceptors (Lipinski definition) is 3. The van der Waals surface area contributed by atoms with Crippen LogP contribution in [-0.2, 0) is 16.0 Å². The van der Waals surface area contributed by atoms with E-state index in [2.05, 4.69) is 35.5 Å². The van der Waals surface area contributed by atoms with Crippen molar-refractivity contribution in [1.82, 2.24) is 0 Å². The van der Waals surface area contributed by atoms with Crippen LogP contribution in [0.1, 0.15) is 17.5 Å². The Morgan fingerprint density at radius 3 is 2.84 bits per heavy atom. The molecule has 1 atom stereocenters. The molecule has 1 aromatic rings. The molecule has 1 fully saturated rings. The van der Waals surface area contributed by atoms with Crippen LogP contribution in [0, 0.1) is 12.8 Å². The van der Waals surface area contributed by atoms with E-state index in [-0.39, 0.29) is 11.9 Å². The molecule has 0 unspecified atom stereocenters. The Morgan fingerprint density at radius 1 is 1.53 bits per heavy atom. The smallest absolute Gasteiger partial charge is 0.333 e. The van der Waals surface area contributed by atoms with Crippen molar-refractivity contribution >= 4 is 21.9 Å². The lowest BCUT2D eigenvalue weighted by Crippen LogP contribution is -2.06. The van der Waals surface area contributed by atoms with Gasteiger partial charge in [0.05, 0.1) is 13.7 Å². The molecule has 2 rings (SSSR count). The molecule has 1 aromatic carbocycles. The number of benzene rings is 1. The van der Waals surface area contributed by atoms with Gasteiger partial charge in [0.15, 0.2) is 0 Å². The molecular weight excluding hydrogens is 308 g/mol. The maximum atomic E-state index is 11.3. The SMILES string of the molecule is C=C1C(=O)OC[C@H]1CCc1c(C)cc(Br)cc1OC. The first-order valence-corrected chi connectivity index (χ1v) is 7.01. The molecular formula is C15H17BrO3. The Bertz CT molecular complexity index is 522. The van der Waals surface area contributed by atoms with Crippen LogP contribution < -0.4 is 4.74 Å². The third-order valence-corrected chi connectivity index (χ3v) is 3.99. The summed E-state index contributed by atoms with van der Waals surface area (Å²) in [6.07, 6.45) is 1.70. The Kier molecular flexibility index (Phi) is 4.30. The number of carbonyl (C=O) groups excluding carboxylic acids is 1. The Morgan fingerprint density at radius 2 is 2.26 bits per heavy atom. The average Bonchev–Trinajstić information content (AvgIpc) is 2.68. The van der Waals surface area contributed by atoms with Gasteiger partial charge < -0.3 is 9.47 Å². The molecule has 0 aliphatic carbocycles. The number of hydrogen-bond donors (Lipinski definition) is 0. The first kappa shape index (κ1) is 14.1. The van der Waals surface area contributed by atoms with E-state index < -0.39 is 0 Å². The summed E-state index contributed by atoms with van der Waals surface area (Å²) in [6, 6.07) is 4.04. The fraction of sp³-hybridized carbons (Fsp3) is 0.400. The number of carbonyl (C=O) groups is 1. The molecule has 1 aliphatic heterocycles. The van der Waals surface area contributed by atoms with E-state index in [9.17, 15) is 4.79 Å². The van der Waals surface area contributed by atoms with Crippen LogP contribution in [0.5, 0.6) is 5.75 Å². The highest BCUT2D eigenvalue weighted by molar-refractivity contribution is 9.10. The maximum Gasteiger partial charge on any atom is 0.333 e. The standard InChI is InChI=1S/C15H17BrO3/c1-9-6-12(16)7-14(18-3)13(9)5-4-11-8-19-15(17)10(11)2/h6-7,11H,2,4-5,8H2,1,3H3/t11-/m1/s1. The topological polar surface area (TPSA) is 35.5 Å². The zero-order valence-corrected chi connectivity index (χ0v) is 12.7. The fourth-order valence-corrected chi connectivity index (χ4v) is 2.91. The second-order valence-electron chi connectivity index (χ2n) is 4.76. The summed E-state index contributed by atoms with van der Waals surface area (Å²) in [5.41, 5.74) is 2.95. The Hall–Kier alpha value is -1.29. The van der Waals surface area contributed by atoms with Crippen LogP contribution in [-0.4, -0.2) is 19.7 Å². The minimum Gasteiger partial charge on any atom is -0.496 e. The predicted octanol–water partition coefficient (Wildman–Crippen LogP) is 3.43. The number of aryl methyl sites for hydroxylation is 1. The number of ether oxygens (including phenoxy) is 2. The number of halogens is 1. The summed E-state index contributed by atoms with van der Waals surface area (Å²) in [7, 11) is 1.67. The van der Waals surface area contributed by atoms with Gasteiger partial charge in [0.1, 0.15) is 5.75 Å². The van der Waals surface area contributed by atoms with E-state index in [4.69, 9.17) is 9.47 Å². The normalized spacial score (nSPS) is 18.6. The first-order valence-electron chi connectivity index (χ1n) is 6.22. The summed E-state index contributed by atoms with van der Waals surface area (Å²) >= 11 is 3.46. The highest BCUT2D eigenvalue weighted by Crippen LogP contribution is 2.31. The molecule has 0 radical (unpaired) electrons. The number of esters is 1. The summed E-state index contributed by atoms with van der Waals surface area (Å²) in [5, 5.41) is 0. The summed E-state index contributed by atoms with van der Waals surface area (Å²) in [4.78, 5) is 11.3. The molecule has 1 heterocycles. The zero-order valence-electron chi connectivity index (χ0n) is 11.2. The molecule has 3 nitrogen and oxygen atoms in total. The lowest BCUT2D eigenvalue weighted by molar-refractivity contribution is -0.135. The van der Waals surface area contributed by atoms with Gasteiger partial charge in [-0.1, -0.05) is 22.5 Å². The predicted molar refractivity (Wildman–Crippen MR) is 77.3 cm³/mol. The molecule has 0 bridgehead atoms. The van der Waals surface area contributed by atoms with E-state index in [1.165, 1.54) is 11.1 Å². The molecule has 0 spiro atoms. The maximum absolute atomic E-state index is 11.3. The van der Waals surface area contributed by atoms with E-state index in [1.807, 2.05) is 6.07 Å². The summed E-state index contributed by atoms with van der Waals surface area (Å²) in [5.74, 6) is 0.743. The van der Waals surface area contributed by atoms with Crippen LogP contribution in [0.25, 0.3) is 0 Å². The minimum atomic E-state index is -0.260. The summed E-state index contributed by atoms with van der Waals surface area (Å²) in [6.45, 7) is 6.31. The van der Waals surface area contributed by atoms with Gasteiger partial charge in [-0.05, 0) is 43.0 Å². The lowest BCUT2D eigenvalue weighted by atomic mass is 9.93. The monoisotopic (exact) mass is 324 g/mol. The molecule has 0 aromatic heterocycles. The van der Waals surface area contributed by atoms with Crippen molar-refractivity contribution in [1.29, 1.82) is 0 Å². The molecule has 19 heavy (non-hydrogen) atoms. The number of rotatable bonds is 4. The van der Waals surface area contributed by atoms with Crippen molar-refractivity contribution in [2.24, 2.45) is 5.92 Å². The van der Waals surface area contributed by atoms with Gasteiger partial charge in [-0.2, -0.15) is 0 Å². The first-order chi connectivity index (χ1) is 9.02. The third-order valence-electron chi connectivity index (χ3n) is 3.53. The van der Waals surface area contributed by atoms with Crippen molar-refractivity contribution in [2.75, 3.05) is 13.7 Å². The third kappa shape index (κ3) is 3.00. The molecule has 0 amide bonds. The second kappa shape index (κ2) is 5.78. The minimum absolute atomic E-state index is 0.125. The molecule has 102 valence electrons.